The van der Waals surface area contributed by atoms with Crippen LogP contribution < -0.4 is 0 Å². The van der Waals surface area contributed by atoms with Gasteiger partial charge in [-0.3, -0.25) is 0 Å². The predicted octanol–water partition coefficient (Wildman–Crippen LogP) is 1.22. The maximum absolute atomic E-state index is 12.8. The fourth-order valence-electron chi connectivity index (χ4n) is 0.881. The number of aliphatic hydroxyl groups is 1. The molecule has 1 aromatic rings. The fourth-order valence-corrected chi connectivity index (χ4v) is 0.881. The van der Waals surface area contributed by atoms with Gasteiger partial charge in [0.15, 0.2) is 17.7 Å². The van der Waals surface area contributed by atoms with Crippen molar-refractivity contribution in [3.8, 4) is 0 Å². The van der Waals surface area contributed by atoms with Crippen LogP contribution in [0.5, 0.6) is 0 Å². The van der Waals surface area contributed by atoms with Gasteiger partial charge in [0.25, 0.3) is 0 Å². The van der Waals surface area contributed by atoms with Crippen molar-refractivity contribution in [2.24, 2.45) is 0 Å². The van der Waals surface area contributed by atoms with Crippen LogP contribution in [0, 0.1) is 17.5 Å². The molecule has 3 nitrogen and oxygen atoms in total. The molecule has 6 heteroatoms. The smallest absolute Gasteiger partial charge is 0.337 e. The number of hydrogen-bond donors (Lipinski definition) is 2. The Morgan fingerprint density at radius 1 is 1.14 bits per heavy atom. The summed E-state index contributed by atoms with van der Waals surface area (Å²) in [7, 11) is 0. The lowest BCUT2D eigenvalue weighted by atomic mass is 10.1. The number of carbonyl (C=O) groups is 1. The van der Waals surface area contributed by atoms with Gasteiger partial charge in [-0.1, -0.05) is 0 Å². The van der Waals surface area contributed by atoms with Crippen LogP contribution in [-0.2, 0) is 4.79 Å². The number of aliphatic hydroxyl groups excluding tert-OH is 1. The van der Waals surface area contributed by atoms with Crippen molar-refractivity contribution in [2.75, 3.05) is 0 Å². The molecule has 0 saturated carbocycles. The Bertz CT molecular complexity index is 378. The molecule has 0 aliphatic carbocycles. The van der Waals surface area contributed by atoms with E-state index in [-0.39, 0.29) is 6.07 Å². The van der Waals surface area contributed by atoms with Gasteiger partial charge in [0.1, 0.15) is 5.82 Å². The molecule has 0 fully saturated rings. The van der Waals surface area contributed by atoms with E-state index in [0.717, 1.165) is 0 Å². The van der Waals surface area contributed by atoms with E-state index in [4.69, 9.17) is 10.2 Å². The molecular weight excluding hydrogens is 201 g/mol. The molecule has 76 valence electrons. The van der Waals surface area contributed by atoms with Crippen LogP contribution >= 0.6 is 0 Å². The zero-order chi connectivity index (χ0) is 10.9. The number of hydrogen-bond acceptors (Lipinski definition) is 2. The standard InChI is InChI=1S/C8H5F3O3/c9-4-2-6(11)5(10)1-3(4)7(12)8(13)14/h1-2,7,12H,(H,13,14)/t7-/m0/s1. The third kappa shape index (κ3) is 1.85. The van der Waals surface area contributed by atoms with Gasteiger partial charge in [0.2, 0.25) is 0 Å². The lowest BCUT2D eigenvalue weighted by Gasteiger charge is -2.07. The van der Waals surface area contributed by atoms with E-state index >= 15 is 0 Å². The monoisotopic (exact) mass is 206 g/mol. The van der Waals surface area contributed by atoms with Crippen molar-refractivity contribution in [2.45, 2.75) is 6.10 Å². The van der Waals surface area contributed by atoms with Gasteiger partial charge in [-0.05, 0) is 6.07 Å². The summed E-state index contributed by atoms with van der Waals surface area (Å²) in [5, 5.41) is 17.2. The second-order valence-corrected chi connectivity index (χ2v) is 2.53. The summed E-state index contributed by atoms with van der Waals surface area (Å²) in [6.07, 6.45) is -2.20. The first-order valence-corrected chi connectivity index (χ1v) is 3.48. The van der Waals surface area contributed by atoms with Gasteiger partial charge in [-0.25, -0.2) is 18.0 Å². The Kier molecular flexibility index (Phi) is 2.76. The molecule has 0 bridgehead atoms. The topological polar surface area (TPSA) is 57.5 Å². The molecule has 0 heterocycles. The van der Waals surface area contributed by atoms with Crippen LogP contribution in [0.1, 0.15) is 11.7 Å². The minimum absolute atomic E-state index is 0.177. The zero-order valence-electron chi connectivity index (χ0n) is 6.67. The lowest BCUT2D eigenvalue weighted by molar-refractivity contribution is -0.147. The Balaban J connectivity index is 3.22. The first-order chi connectivity index (χ1) is 6.43. The molecule has 14 heavy (non-hydrogen) atoms. The quantitative estimate of drug-likeness (QED) is 0.715. The first-order valence-electron chi connectivity index (χ1n) is 3.48. The van der Waals surface area contributed by atoms with E-state index in [1.807, 2.05) is 0 Å². The van der Waals surface area contributed by atoms with Gasteiger partial charge in [-0.15, -0.1) is 0 Å². The summed E-state index contributed by atoms with van der Waals surface area (Å²) in [4.78, 5) is 10.2. The summed E-state index contributed by atoms with van der Waals surface area (Å²) in [5.41, 5.74) is -0.809. The molecule has 1 rings (SSSR count). The SMILES string of the molecule is O=C(O)[C@@H](O)c1cc(F)c(F)cc1F. The number of halogens is 3. The van der Waals surface area contributed by atoms with Crippen molar-refractivity contribution in [1.82, 2.24) is 0 Å². The highest BCUT2D eigenvalue weighted by molar-refractivity contribution is 5.74. The molecule has 1 atom stereocenters. The van der Waals surface area contributed by atoms with Crippen LogP contribution in [0.3, 0.4) is 0 Å². The van der Waals surface area contributed by atoms with Crippen LogP contribution in [0.25, 0.3) is 0 Å². The van der Waals surface area contributed by atoms with E-state index in [1.54, 1.807) is 0 Å². The maximum Gasteiger partial charge on any atom is 0.337 e. The van der Waals surface area contributed by atoms with Gasteiger partial charge in [0, 0.05) is 11.6 Å². The number of aliphatic carboxylic acids is 1. The molecule has 0 amide bonds. The Morgan fingerprint density at radius 3 is 2.14 bits per heavy atom. The highest BCUT2D eigenvalue weighted by Gasteiger charge is 2.22. The van der Waals surface area contributed by atoms with Crippen molar-refractivity contribution >= 4 is 5.97 Å². The summed E-state index contributed by atoms with van der Waals surface area (Å²) in [5.74, 6) is -5.90. The summed E-state index contributed by atoms with van der Waals surface area (Å²) >= 11 is 0. The minimum atomic E-state index is -2.20. The van der Waals surface area contributed by atoms with Crippen molar-refractivity contribution < 1.29 is 28.2 Å². The summed E-state index contributed by atoms with van der Waals surface area (Å²) in [6, 6.07) is 0.486. The largest absolute Gasteiger partial charge is 0.479 e. The molecule has 0 aromatic heterocycles. The van der Waals surface area contributed by atoms with E-state index in [1.165, 1.54) is 0 Å². The van der Waals surface area contributed by atoms with E-state index in [9.17, 15) is 18.0 Å². The summed E-state index contributed by atoms with van der Waals surface area (Å²) in [6.45, 7) is 0. The number of carboxylic acid groups (broad SMARTS) is 1. The van der Waals surface area contributed by atoms with Gasteiger partial charge < -0.3 is 10.2 Å². The molecule has 0 saturated heterocycles. The number of rotatable bonds is 2. The van der Waals surface area contributed by atoms with Gasteiger partial charge in [0.05, 0.1) is 0 Å². The van der Waals surface area contributed by atoms with Crippen LogP contribution in [-0.4, -0.2) is 16.2 Å². The third-order valence-corrected chi connectivity index (χ3v) is 1.57. The highest BCUT2D eigenvalue weighted by Crippen LogP contribution is 2.20. The predicted molar refractivity (Wildman–Crippen MR) is 38.9 cm³/mol. The zero-order valence-corrected chi connectivity index (χ0v) is 6.67. The van der Waals surface area contributed by atoms with Crippen LogP contribution in [0.4, 0.5) is 13.2 Å². The molecule has 0 aliphatic rings. The lowest BCUT2D eigenvalue weighted by Crippen LogP contribution is -2.13. The Labute approximate surface area is 76.4 Å². The van der Waals surface area contributed by atoms with Crippen LogP contribution in [0.2, 0.25) is 0 Å². The fraction of sp³-hybridized carbons (Fsp3) is 0.125. The minimum Gasteiger partial charge on any atom is -0.479 e. The third-order valence-electron chi connectivity index (χ3n) is 1.57. The number of benzene rings is 1. The Hall–Kier alpha value is -1.56. The number of carboxylic acids is 1. The second-order valence-electron chi connectivity index (χ2n) is 2.53. The molecular formula is C8H5F3O3. The molecule has 0 unspecified atom stereocenters. The average Bonchev–Trinajstić information content (AvgIpc) is 2.10. The summed E-state index contributed by atoms with van der Waals surface area (Å²) < 4.78 is 37.7. The van der Waals surface area contributed by atoms with E-state index in [2.05, 4.69) is 0 Å². The van der Waals surface area contributed by atoms with Gasteiger partial charge >= 0.3 is 5.97 Å². The second kappa shape index (κ2) is 3.67. The molecule has 0 aliphatic heterocycles. The van der Waals surface area contributed by atoms with Crippen molar-refractivity contribution in [3.63, 3.8) is 0 Å². The maximum atomic E-state index is 12.8. The van der Waals surface area contributed by atoms with Crippen molar-refractivity contribution in [1.29, 1.82) is 0 Å². The van der Waals surface area contributed by atoms with Crippen LogP contribution in [0.15, 0.2) is 12.1 Å². The van der Waals surface area contributed by atoms with Crippen molar-refractivity contribution in [3.05, 3.63) is 35.1 Å². The molecule has 1 aromatic carbocycles. The molecule has 2 N–H and O–H groups in total. The van der Waals surface area contributed by atoms with Gasteiger partial charge in [-0.2, -0.15) is 0 Å². The highest BCUT2D eigenvalue weighted by atomic mass is 19.2. The molecule has 0 spiro atoms. The first kappa shape index (κ1) is 10.5. The van der Waals surface area contributed by atoms with E-state index in [0.29, 0.717) is 6.07 Å². The molecule has 0 radical (unpaired) electrons. The average molecular weight is 206 g/mol. The normalized spacial score (nSPS) is 12.6. The van der Waals surface area contributed by atoms with E-state index < -0.39 is 35.1 Å². The Morgan fingerprint density at radius 2 is 1.64 bits per heavy atom.